The highest BCUT2D eigenvalue weighted by Gasteiger charge is 2.12. The maximum Gasteiger partial charge on any atom is 0.185 e. The van der Waals surface area contributed by atoms with Gasteiger partial charge < -0.3 is 21.4 Å². The van der Waals surface area contributed by atoms with Crippen LogP contribution in [-0.4, -0.2) is 17.1 Å². The second-order valence-electron chi connectivity index (χ2n) is 6.96. The largest absolute Gasteiger partial charge is 0.370 e. The Labute approximate surface area is 203 Å². The Morgan fingerprint density at radius 2 is 1.56 bits per heavy atom. The van der Waals surface area contributed by atoms with Crippen LogP contribution in [-0.2, 0) is 6.54 Å². The highest BCUT2D eigenvalue weighted by molar-refractivity contribution is 6.42. The predicted molar refractivity (Wildman–Crippen MR) is 141 cm³/mol. The van der Waals surface area contributed by atoms with Gasteiger partial charge in [0.25, 0.3) is 0 Å². The minimum absolute atomic E-state index is 0.108. The van der Waals surface area contributed by atoms with Crippen LogP contribution < -0.4 is 16.8 Å². The molecule has 0 unspecified atom stereocenters. The molecule has 0 amide bonds. The molecule has 32 heavy (non-hydrogen) atoms. The molecule has 0 spiro atoms. The molecule has 4 rings (SSSR count). The van der Waals surface area contributed by atoms with Gasteiger partial charge in [-0.2, -0.15) is 0 Å². The van der Waals surface area contributed by atoms with E-state index in [0.717, 1.165) is 46.1 Å². The Balaban J connectivity index is 0.00000141. The zero-order valence-electron chi connectivity index (χ0n) is 18.0. The molecule has 1 heterocycles. The van der Waals surface area contributed by atoms with Crippen molar-refractivity contribution in [3.8, 4) is 0 Å². The molecule has 168 valence electrons. The van der Waals surface area contributed by atoms with Crippen LogP contribution in [0, 0.1) is 0 Å². The van der Waals surface area contributed by atoms with Gasteiger partial charge >= 0.3 is 0 Å². The van der Waals surface area contributed by atoms with Crippen LogP contribution in [0.5, 0.6) is 0 Å². The number of nitrogens with one attached hydrogen (secondary N) is 1. The van der Waals surface area contributed by atoms with Crippen LogP contribution in [0.4, 0.5) is 11.4 Å². The van der Waals surface area contributed by atoms with Gasteiger partial charge in [-0.1, -0.05) is 54.7 Å². The lowest BCUT2D eigenvalue weighted by molar-refractivity contribution is 0.687. The molecule has 5 nitrogen and oxygen atoms in total. The molecule has 4 aromatic rings. The molecule has 0 radical (unpaired) electrons. The number of aromatic nitrogens is 1. The van der Waals surface area contributed by atoms with Crippen LogP contribution in [0.15, 0.2) is 59.6 Å². The number of anilines is 2. The van der Waals surface area contributed by atoms with Gasteiger partial charge in [-0.25, -0.2) is 0 Å². The van der Waals surface area contributed by atoms with Gasteiger partial charge in [-0.05, 0) is 55.0 Å². The van der Waals surface area contributed by atoms with Gasteiger partial charge in [0, 0.05) is 45.8 Å². The molecule has 0 bridgehead atoms. The minimum Gasteiger partial charge on any atom is -0.370 e. The molecular formula is C24H26Cl3N5. The van der Waals surface area contributed by atoms with Crippen molar-refractivity contribution in [3.05, 3.63) is 69.7 Å². The van der Waals surface area contributed by atoms with E-state index < -0.39 is 0 Å². The third-order valence-corrected chi connectivity index (χ3v) is 5.84. The average molecular weight is 491 g/mol. The summed E-state index contributed by atoms with van der Waals surface area (Å²) < 4.78 is 2.27. The molecule has 0 aliphatic rings. The third-order valence-electron chi connectivity index (χ3n) is 4.87. The second-order valence-corrected chi connectivity index (χ2v) is 8.21. The van der Waals surface area contributed by atoms with E-state index >= 15 is 0 Å². The van der Waals surface area contributed by atoms with Crippen molar-refractivity contribution in [3.63, 3.8) is 0 Å². The second kappa shape index (κ2) is 10.8. The number of rotatable bonds is 6. The number of benzene rings is 3. The fourth-order valence-electron chi connectivity index (χ4n) is 3.57. The highest BCUT2D eigenvalue weighted by Crippen LogP contribution is 2.34. The van der Waals surface area contributed by atoms with Gasteiger partial charge in [0.2, 0.25) is 0 Å². The molecule has 8 heteroatoms. The van der Waals surface area contributed by atoms with E-state index in [1.165, 1.54) is 0 Å². The fraction of sp³-hybridized carbons (Fsp3) is 0.208. The van der Waals surface area contributed by atoms with Crippen LogP contribution in [0.3, 0.4) is 0 Å². The van der Waals surface area contributed by atoms with E-state index in [1.54, 1.807) is 12.1 Å². The summed E-state index contributed by atoms with van der Waals surface area (Å²) in [6.45, 7) is 5.34. The van der Waals surface area contributed by atoms with Crippen LogP contribution in [0.2, 0.25) is 15.1 Å². The Kier molecular flexibility index (Phi) is 8.13. The van der Waals surface area contributed by atoms with Crippen molar-refractivity contribution in [2.45, 2.75) is 26.8 Å². The number of hydrogen-bond donors (Lipinski definition) is 3. The summed E-state index contributed by atoms with van der Waals surface area (Å²) in [5.74, 6) is 0.108. The molecule has 0 fully saturated rings. The summed E-state index contributed by atoms with van der Waals surface area (Å²) in [5, 5.41) is 7.37. The summed E-state index contributed by atoms with van der Waals surface area (Å²) in [6.07, 6.45) is 0.809. The number of halogens is 3. The van der Waals surface area contributed by atoms with E-state index in [2.05, 4.69) is 27.0 Å². The van der Waals surface area contributed by atoms with E-state index in [1.807, 2.05) is 44.2 Å². The van der Waals surface area contributed by atoms with Gasteiger partial charge in [0.05, 0.1) is 15.6 Å². The number of guanidine groups is 1. The lowest BCUT2D eigenvalue weighted by atomic mass is 10.1. The van der Waals surface area contributed by atoms with Crippen molar-refractivity contribution >= 4 is 73.9 Å². The number of nitrogens with two attached hydrogens (primary N) is 2. The number of hydrogen-bond acceptors (Lipinski definition) is 2. The Hall–Kier alpha value is -2.60. The van der Waals surface area contributed by atoms with E-state index in [4.69, 9.17) is 46.3 Å². The molecule has 0 saturated carbocycles. The third kappa shape index (κ3) is 5.41. The first-order valence-electron chi connectivity index (χ1n) is 10.4. The summed E-state index contributed by atoms with van der Waals surface area (Å²) in [6, 6.07) is 17.7. The van der Waals surface area contributed by atoms with Gasteiger partial charge in [-0.15, -0.1) is 0 Å². The average Bonchev–Trinajstić information content (AvgIpc) is 3.07. The molecule has 3 aromatic carbocycles. The SMILES string of the molecule is CC.NC(N)=NCCCn1c2ccc(Cl)cc2c2ccc(Nc3ccc(Cl)c(Cl)c3)cc21. The van der Waals surface area contributed by atoms with Crippen LogP contribution >= 0.6 is 34.8 Å². The smallest absolute Gasteiger partial charge is 0.185 e. The normalized spacial score (nSPS) is 10.7. The number of nitrogens with zero attached hydrogens (tertiary/aromatic N) is 2. The number of aryl methyl sites for hydroxylation is 1. The first-order chi connectivity index (χ1) is 15.4. The Morgan fingerprint density at radius 1 is 0.844 bits per heavy atom. The summed E-state index contributed by atoms with van der Waals surface area (Å²) in [7, 11) is 0. The Morgan fingerprint density at radius 3 is 2.28 bits per heavy atom. The van der Waals surface area contributed by atoms with E-state index in [-0.39, 0.29) is 5.96 Å². The lowest BCUT2D eigenvalue weighted by Crippen LogP contribution is -2.23. The summed E-state index contributed by atoms with van der Waals surface area (Å²) in [4.78, 5) is 4.09. The summed E-state index contributed by atoms with van der Waals surface area (Å²) >= 11 is 18.4. The van der Waals surface area contributed by atoms with Crippen molar-refractivity contribution < 1.29 is 0 Å². The number of fused-ring (bicyclic) bond motifs is 3. The van der Waals surface area contributed by atoms with Crippen LogP contribution in [0.1, 0.15) is 20.3 Å². The van der Waals surface area contributed by atoms with Crippen molar-refractivity contribution in [1.29, 1.82) is 0 Å². The molecule has 0 saturated heterocycles. The molecular weight excluding hydrogens is 465 g/mol. The molecule has 0 aliphatic heterocycles. The minimum atomic E-state index is 0.108. The zero-order valence-corrected chi connectivity index (χ0v) is 20.3. The molecule has 1 aromatic heterocycles. The monoisotopic (exact) mass is 489 g/mol. The quantitative estimate of drug-likeness (QED) is 0.152. The summed E-state index contributed by atoms with van der Waals surface area (Å²) in [5.41, 5.74) is 14.9. The first kappa shape index (κ1) is 24.1. The van der Waals surface area contributed by atoms with Crippen molar-refractivity contribution in [1.82, 2.24) is 4.57 Å². The zero-order chi connectivity index (χ0) is 23.3. The van der Waals surface area contributed by atoms with Gasteiger partial charge in [0.1, 0.15) is 0 Å². The van der Waals surface area contributed by atoms with Gasteiger partial charge in [-0.3, -0.25) is 4.99 Å². The fourth-order valence-corrected chi connectivity index (χ4v) is 4.04. The van der Waals surface area contributed by atoms with Crippen LogP contribution in [0.25, 0.3) is 21.8 Å². The maximum absolute atomic E-state index is 6.27. The lowest BCUT2D eigenvalue weighted by Gasteiger charge is -2.10. The van der Waals surface area contributed by atoms with E-state index in [0.29, 0.717) is 21.6 Å². The van der Waals surface area contributed by atoms with Crippen molar-refractivity contribution in [2.24, 2.45) is 16.5 Å². The topological polar surface area (TPSA) is 81.4 Å². The van der Waals surface area contributed by atoms with Gasteiger partial charge in [0.15, 0.2) is 5.96 Å². The van der Waals surface area contributed by atoms with E-state index in [9.17, 15) is 0 Å². The molecule has 5 N–H and O–H groups in total. The molecule has 0 atom stereocenters. The maximum atomic E-state index is 6.27. The molecule has 0 aliphatic carbocycles. The Bertz CT molecular complexity index is 1260. The first-order valence-corrected chi connectivity index (χ1v) is 11.5. The standard InChI is InChI=1S/C22H20Cl3N5.C2H6/c23-13-2-7-20-17(10-13)16-5-3-15(29-14-4-6-18(24)19(25)11-14)12-21(16)30(20)9-1-8-28-22(26)27;1-2/h2-7,10-12,29H,1,8-9H2,(H4,26,27,28);1-2H3. The predicted octanol–water partition coefficient (Wildman–Crippen LogP) is 7.19. The van der Waals surface area contributed by atoms with Crippen molar-refractivity contribution in [2.75, 3.05) is 11.9 Å². The number of aliphatic imine (C=N–C) groups is 1. The highest BCUT2D eigenvalue weighted by atomic mass is 35.5.